The molecule has 1 aliphatic heterocycles. The van der Waals surface area contributed by atoms with Crippen LogP contribution in [0.15, 0.2) is 41.4 Å². The predicted octanol–water partition coefficient (Wildman–Crippen LogP) is 3.38. The summed E-state index contributed by atoms with van der Waals surface area (Å²) >= 11 is 7.03. The van der Waals surface area contributed by atoms with Crippen LogP contribution in [0.4, 0.5) is 5.13 Å². The number of hydrogen-bond donors (Lipinski definition) is 1. The highest BCUT2D eigenvalue weighted by Gasteiger charge is 2.21. The standard InChI is InChI=1S/C18H19ClN2O4S3/c1-28(24,25)14-4-2-13(3-5-14)15(10-12-6-8-27(23)9-7-12)17(22)21-18-20-11-16(19)26-18/h2-5,10-12H,6-9H2,1H3,(H,20,21,22)/b15-10+. The molecule has 1 amide bonds. The summed E-state index contributed by atoms with van der Waals surface area (Å²) in [5.41, 5.74) is 1.04. The van der Waals surface area contributed by atoms with Crippen LogP contribution in [0, 0.1) is 5.92 Å². The molecule has 3 rings (SSSR count). The molecule has 0 unspecified atom stereocenters. The van der Waals surface area contributed by atoms with E-state index in [1.807, 2.05) is 6.08 Å². The second-order valence-corrected chi connectivity index (χ2v) is 11.9. The number of aromatic nitrogens is 1. The van der Waals surface area contributed by atoms with Crippen LogP contribution in [0.1, 0.15) is 18.4 Å². The van der Waals surface area contributed by atoms with Gasteiger partial charge in [0, 0.05) is 34.1 Å². The van der Waals surface area contributed by atoms with E-state index >= 15 is 0 Å². The molecule has 0 saturated carbocycles. The van der Waals surface area contributed by atoms with Crippen LogP contribution in [-0.2, 0) is 25.4 Å². The largest absolute Gasteiger partial charge is 0.298 e. The van der Waals surface area contributed by atoms with Crippen molar-refractivity contribution in [2.45, 2.75) is 17.7 Å². The number of nitrogens with zero attached hydrogens (tertiary/aromatic N) is 1. The molecule has 28 heavy (non-hydrogen) atoms. The third-order valence-corrected chi connectivity index (χ3v) is 7.91. The minimum atomic E-state index is -3.32. The molecule has 150 valence electrons. The Labute approximate surface area is 175 Å². The Kier molecular flexibility index (Phi) is 6.69. The molecule has 0 atom stereocenters. The lowest BCUT2D eigenvalue weighted by Crippen LogP contribution is -2.19. The molecule has 0 radical (unpaired) electrons. The van der Waals surface area contributed by atoms with E-state index in [1.165, 1.54) is 18.3 Å². The molecule has 1 saturated heterocycles. The molecule has 2 heterocycles. The Morgan fingerprint density at radius 3 is 2.46 bits per heavy atom. The van der Waals surface area contributed by atoms with Crippen LogP contribution in [0.25, 0.3) is 5.57 Å². The van der Waals surface area contributed by atoms with E-state index in [0.717, 1.165) is 30.4 Å². The number of rotatable bonds is 5. The number of carbonyl (C=O) groups is 1. The van der Waals surface area contributed by atoms with Gasteiger partial charge in [-0.25, -0.2) is 13.4 Å². The highest BCUT2D eigenvalue weighted by atomic mass is 35.5. The Bertz CT molecular complexity index is 1020. The summed E-state index contributed by atoms with van der Waals surface area (Å²) in [5.74, 6) is 1.02. The lowest BCUT2D eigenvalue weighted by atomic mass is 9.95. The SMILES string of the molecule is CS(=O)(=O)c1ccc(/C(=C\C2CCS(=O)CC2)C(=O)Nc2ncc(Cl)s2)cc1. The number of benzene rings is 1. The zero-order chi connectivity index (χ0) is 20.3. The summed E-state index contributed by atoms with van der Waals surface area (Å²) in [6, 6.07) is 6.22. The highest BCUT2D eigenvalue weighted by molar-refractivity contribution is 7.90. The molecule has 10 heteroatoms. The zero-order valence-electron chi connectivity index (χ0n) is 15.1. The number of amides is 1. The average Bonchev–Trinajstić information content (AvgIpc) is 3.05. The molecular weight excluding hydrogens is 440 g/mol. The Morgan fingerprint density at radius 1 is 1.29 bits per heavy atom. The first-order valence-electron chi connectivity index (χ1n) is 8.52. The molecule has 1 fully saturated rings. The van der Waals surface area contributed by atoms with Crippen LogP contribution in [-0.4, -0.2) is 41.3 Å². The second kappa shape index (κ2) is 8.86. The maximum Gasteiger partial charge on any atom is 0.257 e. The van der Waals surface area contributed by atoms with Crippen LogP contribution < -0.4 is 5.32 Å². The Hall–Kier alpha value is -1.55. The number of sulfone groups is 1. The van der Waals surface area contributed by atoms with Crippen molar-refractivity contribution in [2.75, 3.05) is 23.1 Å². The van der Waals surface area contributed by atoms with Gasteiger partial charge in [-0.15, -0.1) is 0 Å². The van der Waals surface area contributed by atoms with Gasteiger partial charge in [0.1, 0.15) is 4.34 Å². The third-order valence-electron chi connectivity index (χ3n) is 4.37. The number of halogens is 1. The van der Waals surface area contributed by atoms with E-state index in [1.54, 1.807) is 12.1 Å². The third kappa shape index (κ3) is 5.50. The van der Waals surface area contributed by atoms with Gasteiger partial charge in [0.05, 0.1) is 11.1 Å². The summed E-state index contributed by atoms with van der Waals surface area (Å²) in [6.07, 6.45) is 5.97. The molecule has 1 aromatic carbocycles. The first-order valence-corrected chi connectivity index (χ1v) is 13.1. The van der Waals surface area contributed by atoms with Crippen LogP contribution in [0.2, 0.25) is 4.34 Å². The second-order valence-electron chi connectivity index (χ2n) is 6.49. The highest BCUT2D eigenvalue weighted by Crippen LogP contribution is 2.28. The first-order chi connectivity index (χ1) is 13.2. The predicted molar refractivity (Wildman–Crippen MR) is 114 cm³/mol. The van der Waals surface area contributed by atoms with Crippen molar-refractivity contribution in [3.05, 3.63) is 46.4 Å². The quantitative estimate of drug-likeness (QED) is 0.693. The van der Waals surface area contributed by atoms with Crippen LogP contribution in [0.3, 0.4) is 0 Å². The fraction of sp³-hybridized carbons (Fsp3) is 0.333. The van der Waals surface area contributed by atoms with E-state index < -0.39 is 20.6 Å². The monoisotopic (exact) mass is 458 g/mol. The molecule has 0 bridgehead atoms. The molecule has 1 N–H and O–H groups in total. The van der Waals surface area contributed by atoms with Gasteiger partial charge >= 0.3 is 0 Å². The number of carbonyl (C=O) groups excluding carboxylic acids is 1. The normalized spacial score (nSPS) is 20.7. The van der Waals surface area contributed by atoms with Crippen LogP contribution >= 0.6 is 22.9 Å². The Morgan fingerprint density at radius 2 is 1.93 bits per heavy atom. The van der Waals surface area contributed by atoms with Crippen molar-refractivity contribution in [3.8, 4) is 0 Å². The van der Waals surface area contributed by atoms with Gasteiger partial charge in [-0.2, -0.15) is 0 Å². The summed E-state index contributed by atoms with van der Waals surface area (Å²) in [5, 5.41) is 3.13. The van der Waals surface area contributed by atoms with Gasteiger partial charge in [-0.05, 0) is 36.5 Å². The van der Waals surface area contributed by atoms with Crippen molar-refractivity contribution in [2.24, 2.45) is 5.92 Å². The van der Waals surface area contributed by atoms with Gasteiger partial charge in [-0.3, -0.25) is 14.3 Å². The van der Waals surface area contributed by atoms with E-state index in [0.29, 0.717) is 32.1 Å². The first kappa shape index (κ1) is 21.2. The molecule has 1 aromatic heterocycles. The molecule has 0 spiro atoms. The number of thiazole rings is 1. The fourth-order valence-corrected chi connectivity index (χ4v) is 5.65. The number of hydrogen-bond acceptors (Lipinski definition) is 6. The van der Waals surface area contributed by atoms with E-state index in [-0.39, 0.29) is 16.7 Å². The number of nitrogens with one attached hydrogen (secondary N) is 1. The van der Waals surface area contributed by atoms with E-state index in [4.69, 9.17) is 11.6 Å². The summed E-state index contributed by atoms with van der Waals surface area (Å²) in [7, 11) is -4.11. The van der Waals surface area contributed by atoms with Gasteiger partial charge in [0.2, 0.25) is 0 Å². The fourth-order valence-electron chi connectivity index (χ4n) is 2.88. The summed E-state index contributed by atoms with van der Waals surface area (Å²) in [6.45, 7) is 0. The van der Waals surface area contributed by atoms with Crippen molar-refractivity contribution < 1.29 is 17.4 Å². The van der Waals surface area contributed by atoms with Gasteiger partial charge in [-0.1, -0.05) is 41.1 Å². The lowest BCUT2D eigenvalue weighted by molar-refractivity contribution is -0.111. The molecular formula is C18H19ClN2O4S3. The van der Waals surface area contributed by atoms with Crippen molar-refractivity contribution in [1.82, 2.24) is 4.98 Å². The Balaban J connectivity index is 1.91. The van der Waals surface area contributed by atoms with Crippen molar-refractivity contribution >= 4 is 60.2 Å². The maximum atomic E-state index is 12.9. The van der Waals surface area contributed by atoms with Gasteiger partial charge in [0.25, 0.3) is 5.91 Å². The van der Waals surface area contributed by atoms with Gasteiger partial charge in [0.15, 0.2) is 15.0 Å². The topological polar surface area (TPSA) is 93.2 Å². The molecule has 2 aromatic rings. The maximum absolute atomic E-state index is 12.9. The van der Waals surface area contributed by atoms with E-state index in [2.05, 4.69) is 10.3 Å². The minimum Gasteiger partial charge on any atom is -0.298 e. The number of anilines is 1. The smallest absolute Gasteiger partial charge is 0.257 e. The summed E-state index contributed by atoms with van der Waals surface area (Å²) < 4.78 is 35.5. The van der Waals surface area contributed by atoms with Gasteiger partial charge < -0.3 is 0 Å². The number of allylic oxidation sites excluding steroid dienone is 1. The molecule has 0 aliphatic carbocycles. The average molecular weight is 459 g/mol. The molecule has 1 aliphatic rings. The lowest BCUT2D eigenvalue weighted by Gasteiger charge is -2.19. The zero-order valence-corrected chi connectivity index (χ0v) is 18.3. The van der Waals surface area contributed by atoms with Crippen molar-refractivity contribution in [1.29, 1.82) is 0 Å². The van der Waals surface area contributed by atoms with Crippen molar-refractivity contribution in [3.63, 3.8) is 0 Å². The van der Waals surface area contributed by atoms with E-state index in [9.17, 15) is 17.4 Å². The minimum absolute atomic E-state index is 0.132. The summed E-state index contributed by atoms with van der Waals surface area (Å²) in [4.78, 5) is 17.1. The molecule has 6 nitrogen and oxygen atoms in total. The van der Waals surface area contributed by atoms with Crippen LogP contribution in [0.5, 0.6) is 0 Å².